The van der Waals surface area contributed by atoms with Gasteiger partial charge >= 0.3 is 6.03 Å². The molecular weight excluding hydrogens is 262 g/mol. The van der Waals surface area contributed by atoms with Crippen LogP contribution in [0, 0.1) is 0 Å². The predicted molar refractivity (Wildman–Crippen MR) is 74.8 cm³/mol. The summed E-state index contributed by atoms with van der Waals surface area (Å²) >= 11 is 5.79. The molecule has 2 N–H and O–H groups in total. The summed E-state index contributed by atoms with van der Waals surface area (Å²) in [5.74, 6) is 0. The summed E-state index contributed by atoms with van der Waals surface area (Å²) in [6.07, 6.45) is 3.39. The molecule has 1 aromatic heterocycles. The molecule has 0 aliphatic rings. The molecule has 1 aromatic carbocycles. The van der Waals surface area contributed by atoms with Crippen LogP contribution in [0.4, 0.5) is 4.79 Å². The Morgan fingerprint density at radius 2 is 1.47 bits per heavy atom. The highest BCUT2D eigenvalue weighted by Gasteiger charge is 2.00. The first-order valence-electron chi connectivity index (χ1n) is 5.89. The number of nitrogens with one attached hydrogen (secondary N) is 2. The van der Waals surface area contributed by atoms with Gasteiger partial charge < -0.3 is 10.6 Å². The summed E-state index contributed by atoms with van der Waals surface area (Å²) in [5.41, 5.74) is 2.01. The Morgan fingerprint density at radius 3 is 2.05 bits per heavy atom. The van der Waals surface area contributed by atoms with E-state index in [0.29, 0.717) is 18.1 Å². The summed E-state index contributed by atoms with van der Waals surface area (Å²) in [4.78, 5) is 15.5. The van der Waals surface area contributed by atoms with Crippen LogP contribution < -0.4 is 10.6 Å². The van der Waals surface area contributed by atoms with Gasteiger partial charge in [-0.15, -0.1) is 0 Å². The fourth-order valence-corrected chi connectivity index (χ4v) is 1.66. The third kappa shape index (κ3) is 4.60. The van der Waals surface area contributed by atoms with Gasteiger partial charge in [-0.3, -0.25) is 4.98 Å². The average molecular weight is 276 g/mol. The number of benzene rings is 1. The number of hydrogen-bond donors (Lipinski definition) is 2. The fourth-order valence-electron chi connectivity index (χ4n) is 1.53. The largest absolute Gasteiger partial charge is 0.334 e. The number of carbonyl (C=O) groups excluding carboxylic acids is 1. The Morgan fingerprint density at radius 1 is 0.947 bits per heavy atom. The summed E-state index contributed by atoms with van der Waals surface area (Å²) in [6, 6.07) is 10.9. The molecule has 0 spiro atoms. The zero-order valence-electron chi connectivity index (χ0n) is 10.3. The quantitative estimate of drug-likeness (QED) is 0.901. The molecule has 1 heterocycles. The molecule has 4 nitrogen and oxygen atoms in total. The number of rotatable bonds is 4. The van der Waals surface area contributed by atoms with Gasteiger partial charge in [0.05, 0.1) is 0 Å². The molecular formula is C14H14ClN3O. The van der Waals surface area contributed by atoms with Crippen LogP contribution in [0.2, 0.25) is 5.02 Å². The van der Waals surface area contributed by atoms with Gasteiger partial charge in [0, 0.05) is 30.5 Å². The van der Waals surface area contributed by atoms with Crippen LogP contribution >= 0.6 is 11.6 Å². The zero-order valence-corrected chi connectivity index (χ0v) is 11.0. The topological polar surface area (TPSA) is 54.0 Å². The molecule has 2 aromatic rings. The van der Waals surface area contributed by atoms with Crippen LogP contribution in [-0.4, -0.2) is 11.0 Å². The van der Waals surface area contributed by atoms with E-state index in [-0.39, 0.29) is 6.03 Å². The number of aromatic nitrogens is 1. The molecule has 19 heavy (non-hydrogen) atoms. The van der Waals surface area contributed by atoms with Crippen molar-refractivity contribution in [3.05, 3.63) is 64.9 Å². The molecule has 2 amide bonds. The van der Waals surface area contributed by atoms with Crippen molar-refractivity contribution in [3.8, 4) is 0 Å². The minimum Gasteiger partial charge on any atom is -0.334 e. The summed E-state index contributed by atoms with van der Waals surface area (Å²) in [5, 5.41) is 6.24. The van der Waals surface area contributed by atoms with Crippen LogP contribution in [0.3, 0.4) is 0 Å². The van der Waals surface area contributed by atoms with E-state index >= 15 is 0 Å². The summed E-state index contributed by atoms with van der Waals surface area (Å²) in [7, 11) is 0. The second-order valence-corrected chi connectivity index (χ2v) is 4.45. The fraction of sp³-hybridized carbons (Fsp3) is 0.143. The molecule has 0 saturated carbocycles. The Balaban J connectivity index is 1.74. The number of halogens is 1. The number of pyridine rings is 1. The van der Waals surface area contributed by atoms with Crippen LogP contribution in [0.25, 0.3) is 0 Å². The van der Waals surface area contributed by atoms with Crippen molar-refractivity contribution in [3.63, 3.8) is 0 Å². The smallest absolute Gasteiger partial charge is 0.315 e. The standard InChI is InChI=1S/C14H14ClN3O/c15-13-3-1-11(2-4-13)9-17-14(19)18-10-12-5-7-16-8-6-12/h1-8H,9-10H2,(H2,17,18,19). The average Bonchev–Trinajstić information content (AvgIpc) is 2.45. The molecule has 0 unspecified atom stereocenters. The number of carbonyl (C=O) groups is 1. The van der Waals surface area contributed by atoms with Gasteiger partial charge in [0.2, 0.25) is 0 Å². The molecule has 0 aliphatic carbocycles. The maximum absolute atomic E-state index is 11.6. The maximum Gasteiger partial charge on any atom is 0.315 e. The Bertz CT molecular complexity index is 528. The second kappa shape index (κ2) is 6.75. The molecule has 0 atom stereocenters. The van der Waals surface area contributed by atoms with E-state index in [9.17, 15) is 4.79 Å². The number of urea groups is 1. The Kier molecular flexibility index (Phi) is 4.75. The Labute approximate surface area is 116 Å². The predicted octanol–water partition coefficient (Wildman–Crippen LogP) is 2.73. The van der Waals surface area contributed by atoms with Crippen LogP contribution in [0.5, 0.6) is 0 Å². The van der Waals surface area contributed by atoms with Crippen molar-refractivity contribution in [2.45, 2.75) is 13.1 Å². The third-order valence-electron chi connectivity index (χ3n) is 2.57. The number of nitrogens with zero attached hydrogens (tertiary/aromatic N) is 1. The first kappa shape index (κ1) is 13.4. The van der Waals surface area contributed by atoms with Gasteiger partial charge in [0.25, 0.3) is 0 Å². The number of amides is 2. The van der Waals surface area contributed by atoms with E-state index in [0.717, 1.165) is 11.1 Å². The van der Waals surface area contributed by atoms with Gasteiger partial charge in [-0.25, -0.2) is 4.79 Å². The monoisotopic (exact) mass is 275 g/mol. The van der Waals surface area contributed by atoms with Crippen molar-refractivity contribution in [2.75, 3.05) is 0 Å². The molecule has 0 radical (unpaired) electrons. The molecule has 5 heteroatoms. The van der Waals surface area contributed by atoms with E-state index in [4.69, 9.17) is 11.6 Å². The van der Waals surface area contributed by atoms with Crippen molar-refractivity contribution in [2.24, 2.45) is 0 Å². The normalized spacial score (nSPS) is 9.95. The molecule has 0 fully saturated rings. The lowest BCUT2D eigenvalue weighted by Gasteiger charge is -2.07. The van der Waals surface area contributed by atoms with Gasteiger partial charge in [-0.2, -0.15) is 0 Å². The van der Waals surface area contributed by atoms with Crippen molar-refractivity contribution < 1.29 is 4.79 Å². The van der Waals surface area contributed by atoms with Gasteiger partial charge in [-0.05, 0) is 35.4 Å². The van der Waals surface area contributed by atoms with Crippen molar-refractivity contribution in [1.82, 2.24) is 15.6 Å². The second-order valence-electron chi connectivity index (χ2n) is 4.02. The lowest BCUT2D eigenvalue weighted by atomic mass is 10.2. The van der Waals surface area contributed by atoms with E-state index in [1.807, 2.05) is 24.3 Å². The first-order chi connectivity index (χ1) is 9.24. The van der Waals surface area contributed by atoms with Crippen molar-refractivity contribution >= 4 is 17.6 Å². The van der Waals surface area contributed by atoms with E-state index in [1.54, 1.807) is 24.5 Å². The minimum atomic E-state index is -0.202. The summed E-state index contributed by atoms with van der Waals surface area (Å²) < 4.78 is 0. The Hall–Kier alpha value is -2.07. The van der Waals surface area contributed by atoms with Crippen molar-refractivity contribution in [1.29, 1.82) is 0 Å². The van der Waals surface area contributed by atoms with Gasteiger partial charge in [0.15, 0.2) is 0 Å². The van der Waals surface area contributed by atoms with Crippen LogP contribution in [-0.2, 0) is 13.1 Å². The van der Waals surface area contributed by atoms with Crippen LogP contribution in [0.1, 0.15) is 11.1 Å². The number of hydrogen-bond acceptors (Lipinski definition) is 2. The zero-order chi connectivity index (χ0) is 13.5. The third-order valence-corrected chi connectivity index (χ3v) is 2.82. The molecule has 0 bridgehead atoms. The lowest BCUT2D eigenvalue weighted by molar-refractivity contribution is 0.240. The summed E-state index contributed by atoms with van der Waals surface area (Å²) in [6.45, 7) is 0.953. The highest BCUT2D eigenvalue weighted by Crippen LogP contribution is 2.08. The highest BCUT2D eigenvalue weighted by atomic mass is 35.5. The highest BCUT2D eigenvalue weighted by molar-refractivity contribution is 6.30. The maximum atomic E-state index is 11.6. The van der Waals surface area contributed by atoms with E-state index < -0.39 is 0 Å². The minimum absolute atomic E-state index is 0.202. The lowest BCUT2D eigenvalue weighted by Crippen LogP contribution is -2.34. The van der Waals surface area contributed by atoms with Crippen LogP contribution in [0.15, 0.2) is 48.8 Å². The van der Waals surface area contributed by atoms with E-state index in [1.165, 1.54) is 0 Å². The van der Waals surface area contributed by atoms with Gasteiger partial charge in [0.1, 0.15) is 0 Å². The van der Waals surface area contributed by atoms with E-state index in [2.05, 4.69) is 15.6 Å². The SMILES string of the molecule is O=C(NCc1ccncc1)NCc1ccc(Cl)cc1. The first-order valence-corrected chi connectivity index (χ1v) is 6.27. The van der Waals surface area contributed by atoms with Gasteiger partial charge in [-0.1, -0.05) is 23.7 Å². The molecule has 98 valence electrons. The molecule has 0 aliphatic heterocycles. The molecule has 2 rings (SSSR count). The molecule has 0 saturated heterocycles.